The van der Waals surface area contributed by atoms with Crippen molar-refractivity contribution in [3.8, 4) is 0 Å². The normalized spacial score (nSPS) is 22.0. The maximum absolute atomic E-state index is 12.2. The first kappa shape index (κ1) is 12.0. The van der Waals surface area contributed by atoms with Gasteiger partial charge >= 0.3 is 0 Å². The van der Waals surface area contributed by atoms with Crippen molar-refractivity contribution in [1.82, 2.24) is 14.5 Å². The molecule has 0 amide bonds. The molecular formula is C9H12N4O3S. The molecule has 1 aromatic heterocycles. The number of hydrogen-bond acceptors (Lipinski definition) is 5. The van der Waals surface area contributed by atoms with Gasteiger partial charge in [-0.2, -0.15) is 14.4 Å². The molecule has 1 aliphatic rings. The molecule has 1 aromatic rings. The van der Waals surface area contributed by atoms with Gasteiger partial charge in [-0.3, -0.25) is 5.10 Å². The Morgan fingerprint density at radius 3 is 3.00 bits per heavy atom. The predicted octanol–water partition coefficient (Wildman–Crippen LogP) is 0.246. The Bertz CT molecular complexity index is 518. The number of sulfonamides is 1. The SMILES string of the molecule is O=C=NC1CCCCN1S(=O)(=O)c1cn[nH]c1. The maximum Gasteiger partial charge on any atom is 0.248 e. The fourth-order valence-electron chi connectivity index (χ4n) is 1.87. The number of aliphatic imine (C=N–C) groups is 1. The monoisotopic (exact) mass is 256 g/mol. The summed E-state index contributed by atoms with van der Waals surface area (Å²) in [6.07, 6.45) is 5.51. The van der Waals surface area contributed by atoms with Crippen molar-refractivity contribution in [3.63, 3.8) is 0 Å². The molecule has 0 bridgehead atoms. The molecule has 0 aromatic carbocycles. The van der Waals surface area contributed by atoms with Crippen molar-refractivity contribution in [2.75, 3.05) is 6.54 Å². The summed E-state index contributed by atoms with van der Waals surface area (Å²) in [7, 11) is -3.62. The second-order valence-corrected chi connectivity index (χ2v) is 5.64. The molecule has 1 aliphatic heterocycles. The van der Waals surface area contributed by atoms with Crippen LogP contribution in [0.4, 0.5) is 0 Å². The zero-order valence-electron chi connectivity index (χ0n) is 9.04. The van der Waals surface area contributed by atoms with Gasteiger partial charge in [-0.05, 0) is 19.3 Å². The van der Waals surface area contributed by atoms with Gasteiger partial charge in [-0.25, -0.2) is 13.2 Å². The van der Waals surface area contributed by atoms with E-state index >= 15 is 0 Å². The van der Waals surface area contributed by atoms with Crippen LogP contribution >= 0.6 is 0 Å². The number of aromatic amines is 1. The summed E-state index contributed by atoms with van der Waals surface area (Å²) < 4.78 is 25.6. The molecule has 7 nitrogen and oxygen atoms in total. The first-order chi connectivity index (χ1) is 8.16. The summed E-state index contributed by atoms with van der Waals surface area (Å²) in [5, 5.41) is 6.07. The van der Waals surface area contributed by atoms with Crippen LogP contribution in [0.15, 0.2) is 22.3 Å². The largest absolute Gasteiger partial charge is 0.284 e. The Labute approximate surface area is 98.6 Å². The van der Waals surface area contributed by atoms with Gasteiger partial charge in [-0.15, -0.1) is 0 Å². The van der Waals surface area contributed by atoms with Gasteiger partial charge in [0.05, 0.1) is 6.20 Å². The van der Waals surface area contributed by atoms with Crippen LogP contribution in [0.2, 0.25) is 0 Å². The fourth-order valence-corrected chi connectivity index (χ4v) is 3.37. The first-order valence-electron chi connectivity index (χ1n) is 5.24. The molecule has 1 saturated heterocycles. The second-order valence-electron chi connectivity index (χ2n) is 3.75. The van der Waals surface area contributed by atoms with Crippen LogP contribution in [-0.4, -0.2) is 41.7 Å². The van der Waals surface area contributed by atoms with Crippen LogP contribution in [0.1, 0.15) is 19.3 Å². The lowest BCUT2D eigenvalue weighted by Gasteiger charge is -2.30. The zero-order valence-corrected chi connectivity index (χ0v) is 9.85. The molecule has 1 N–H and O–H groups in total. The first-order valence-corrected chi connectivity index (χ1v) is 6.68. The van der Waals surface area contributed by atoms with Gasteiger partial charge in [0.2, 0.25) is 16.1 Å². The molecule has 2 rings (SSSR count). The van der Waals surface area contributed by atoms with E-state index in [0.29, 0.717) is 13.0 Å². The molecule has 17 heavy (non-hydrogen) atoms. The van der Waals surface area contributed by atoms with Crippen molar-refractivity contribution in [2.45, 2.75) is 30.3 Å². The molecule has 0 radical (unpaired) electrons. The molecule has 1 atom stereocenters. The third-order valence-corrected chi connectivity index (χ3v) is 4.57. The van der Waals surface area contributed by atoms with Gasteiger partial charge in [0, 0.05) is 12.7 Å². The van der Waals surface area contributed by atoms with Crippen molar-refractivity contribution in [2.24, 2.45) is 4.99 Å². The Morgan fingerprint density at radius 2 is 2.35 bits per heavy atom. The van der Waals surface area contributed by atoms with Gasteiger partial charge in [0.1, 0.15) is 11.1 Å². The van der Waals surface area contributed by atoms with E-state index in [1.807, 2.05) is 0 Å². The van der Waals surface area contributed by atoms with Gasteiger partial charge < -0.3 is 0 Å². The van der Waals surface area contributed by atoms with Crippen molar-refractivity contribution in [3.05, 3.63) is 12.4 Å². The van der Waals surface area contributed by atoms with E-state index in [1.165, 1.54) is 22.8 Å². The number of aromatic nitrogens is 2. The lowest BCUT2D eigenvalue weighted by atomic mass is 10.1. The van der Waals surface area contributed by atoms with Crippen LogP contribution in [0, 0.1) is 0 Å². The third kappa shape index (κ3) is 2.28. The minimum Gasteiger partial charge on any atom is -0.284 e. The quantitative estimate of drug-likeness (QED) is 0.619. The van der Waals surface area contributed by atoms with E-state index < -0.39 is 16.2 Å². The van der Waals surface area contributed by atoms with E-state index in [2.05, 4.69) is 15.2 Å². The molecule has 8 heteroatoms. The highest BCUT2D eigenvalue weighted by molar-refractivity contribution is 7.89. The van der Waals surface area contributed by atoms with Crippen molar-refractivity contribution >= 4 is 16.1 Å². The van der Waals surface area contributed by atoms with E-state index in [1.54, 1.807) is 0 Å². The molecule has 1 unspecified atom stereocenters. The topological polar surface area (TPSA) is 95.5 Å². The number of rotatable bonds is 3. The summed E-state index contributed by atoms with van der Waals surface area (Å²) >= 11 is 0. The summed E-state index contributed by atoms with van der Waals surface area (Å²) in [6.45, 7) is 0.364. The standard InChI is InChI=1S/C9H12N4O3S/c14-7-10-9-3-1-2-4-13(9)17(15,16)8-5-11-12-6-8/h5-6,9H,1-4H2,(H,11,12). The average molecular weight is 256 g/mol. The maximum atomic E-state index is 12.2. The zero-order chi connectivity index (χ0) is 12.3. The highest BCUT2D eigenvalue weighted by atomic mass is 32.2. The molecule has 92 valence electrons. The number of hydrogen-bond donors (Lipinski definition) is 1. The molecule has 1 fully saturated rings. The van der Waals surface area contributed by atoms with Crippen molar-refractivity contribution in [1.29, 1.82) is 0 Å². The van der Waals surface area contributed by atoms with Crippen LogP contribution in [0.5, 0.6) is 0 Å². The summed E-state index contributed by atoms with van der Waals surface area (Å²) in [5.41, 5.74) is 0. The van der Waals surface area contributed by atoms with Crippen LogP contribution in [0.3, 0.4) is 0 Å². The molecule has 0 spiro atoms. The van der Waals surface area contributed by atoms with E-state index in [0.717, 1.165) is 12.8 Å². The third-order valence-electron chi connectivity index (χ3n) is 2.70. The molecule has 2 heterocycles. The number of nitrogens with one attached hydrogen (secondary N) is 1. The smallest absolute Gasteiger partial charge is 0.248 e. The summed E-state index contributed by atoms with van der Waals surface area (Å²) in [4.78, 5) is 13.9. The number of H-pyrrole nitrogens is 1. The van der Waals surface area contributed by atoms with Gasteiger partial charge in [0.15, 0.2) is 0 Å². The van der Waals surface area contributed by atoms with Crippen LogP contribution in [0.25, 0.3) is 0 Å². The lowest BCUT2D eigenvalue weighted by Crippen LogP contribution is -2.42. The van der Waals surface area contributed by atoms with E-state index in [-0.39, 0.29) is 4.90 Å². The van der Waals surface area contributed by atoms with Gasteiger partial charge in [-0.1, -0.05) is 0 Å². The second kappa shape index (κ2) is 4.79. The minimum atomic E-state index is -3.62. The molecular weight excluding hydrogens is 244 g/mol. The summed E-state index contributed by atoms with van der Waals surface area (Å²) in [5.74, 6) is 0. The number of piperidine rings is 1. The molecule has 0 aliphatic carbocycles. The van der Waals surface area contributed by atoms with Crippen molar-refractivity contribution < 1.29 is 13.2 Å². The number of carbonyl (C=O) groups excluding carboxylic acids is 1. The summed E-state index contributed by atoms with van der Waals surface area (Å²) in [6, 6.07) is 0. The highest BCUT2D eigenvalue weighted by Gasteiger charge is 2.33. The molecule has 0 saturated carbocycles. The minimum absolute atomic E-state index is 0.0884. The van der Waals surface area contributed by atoms with Crippen LogP contribution < -0.4 is 0 Å². The lowest BCUT2D eigenvalue weighted by molar-refractivity contribution is 0.259. The van der Waals surface area contributed by atoms with E-state index in [9.17, 15) is 13.2 Å². The Morgan fingerprint density at radius 1 is 1.53 bits per heavy atom. The highest BCUT2D eigenvalue weighted by Crippen LogP contribution is 2.25. The van der Waals surface area contributed by atoms with Gasteiger partial charge in [0.25, 0.3) is 0 Å². The predicted molar refractivity (Wildman–Crippen MR) is 58.2 cm³/mol. The van der Waals surface area contributed by atoms with E-state index in [4.69, 9.17) is 0 Å². The average Bonchev–Trinajstić information content (AvgIpc) is 2.84. The number of isocyanates is 1. The Kier molecular flexibility index (Phi) is 3.37. The Hall–Kier alpha value is -1.50. The fraction of sp³-hybridized carbons (Fsp3) is 0.556. The Balaban J connectivity index is 2.34. The number of nitrogens with zero attached hydrogens (tertiary/aromatic N) is 3. The van der Waals surface area contributed by atoms with Crippen LogP contribution in [-0.2, 0) is 14.8 Å².